The quantitative estimate of drug-likeness (QED) is 0.769. The van der Waals surface area contributed by atoms with Crippen molar-refractivity contribution in [2.75, 3.05) is 5.32 Å². The Balaban J connectivity index is 1.76. The van der Waals surface area contributed by atoms with E-state index >= 15 is 0 Å². The van der Waals surface area contributed by atoms with Gasteiger partial charge in [-0.3, -0.25) is 4.79 Å². The number of anilines is 1. The molecule has 3 aromatic rings. The molecule has 116 valence electrons. The van der Waals surface area contributed by atoms with Crippen molar-refractivity contribution in [1.29, 1.82) is 0 Å². The van der Waals surface area contributed by atoms with E-state index in [0.29, 0.717) is 22.6 Å². The number of carbonyl (C=O) groups excluding carboxylic acids is 1. The molecule has 1 amide bonds. The molecular formula is C18H14FNO3. The zero-order valence-electron chi connectivity index (χ0n) is 12.1. The van der Waals surface area contributed by atoms with Crippen LogP contribution in [0.1, 0.15) is 16.1 Å². The van der Waals surface area contributed by atoms with E-state index in [1.54, 1.807) is 48.5 Å². The van der Waals surface area contributed by atoms with Crippen LogP contribution in [0.4, 0.5) is 10.1 Å². The molecule has 0 saturated carbocycles. The number of aliphatic hydroxyl groups is 1. The highest BCUT2D eigenvalue weighted by Crippen LogP contribution is 2.23. The fraction of sp³-hybridized carbons (Fsp3) is 0.0556. The third-order valence-corrected chi connectivity index (χ3v) is 3.33. The van der Waals surface area contributed by atoms with Crippen molar-refractivity contribution in [2.45, 2.75) is 6.61 Å². The summed E-state index contributed by atoms with van der Waals surface area (Å²) in [5.41, 5.74) is 1.96. The second-order valence-corrected chi connectivity index (χ2v) is 4.98. The molecule has 0 aliphatic heterocycles. The molecule has 5 heteroatoms. The molecular weight excluding hydrogens is 297 g/mol. The molecule has 0 bridgehead atoms. The van der Waals surface area contributed by atoms with E-state index in [2.05, 4.69) is 5.32 Å². The lowest BCUT2D eigenvalue weighted by molar-refractivity contribution is 0.0997. The number of aliphatic hydroxyl groups excluding tert-OH is 1. The highest BCUT2D eigenvalue weighted by molar-refractivity contribution is 6.02. The van der Waals surface area contributed by atoms with Gasteiger partial charge in [-0.15, -0.1) is 0 Å². The molecule has 0 aliphatic carbocycles. The second kappa shape index (κ2) is 6.46. The summed E-state index contributed by atoms with van der Waals surface area (Å²) in [6.07, 6.45) is 0. The van der Waals surface area contributed by atoms with Crippen molar-refractivity contribution < 1.29 is 18.7 Å². The van der Waals surface area contributed by atoms with E-state index in [1.165, 1.54) is 12.1 Å². The molecule has 1 heterocycles. The summed E-state index contributed by atoms with van der Waals surface area (Å²) >= 11 is 0. The highest BCUT2D eigenvalue weighted by atomic mass is 19.1. The monoisotopic (exact) mass is 311 g/mol. The van der Waals surface area contributed by atoms with E-state index < -0.39 is 5.91 Å². The first-order chi connectivity index (χ1) is 11.2. The van der Waals surface area contributed by atoms with Gasteiger partial charge in [0, 0.05) is 11.3 Å². The van der Waals surface area contributed by atoms with Crippen LogP contribution >= 0.6 is 0 Å². The van der Waals surface area contributed by atoms with Gasteiger partial charge in [0.2, 0.25) is 0 Å². The third-order valence-electron chi connectivity index (χ3n) is 3.33. The summed E-state index contributed by atoms with van der Waals surface area (Å²) in [5, 5.41) is 11.8. The van der Waals surface area contributed by atoms with Gasteiger partial charge in [-0.1, -0.05) is 12.1 Å². The van der Waals surface area contributed by atoms with Crippen molar-refractivity contribution in [2.24, 2.45) is 0 Å². The van der Waals surface area contributed by atoms with Gasteiger partial charge in [0.15, 0.2) is 5.76 Å². The number of hydrogen-bond donors (Lipinski definition) is 2. The predicted molar refractivity (Wildman–Crippen MR) is 84.4 cm³/mol. The van der Waals surface area contributed by atoms with E-state index in [0.717, 1.165) is 0 Å². The topological polar surface area (TPSA) is 62.5 Å². The van der Waals surface area contributed by atoms with Crippen molar-refractivity contribution in [3.63, 3.8) is 0 Å². The van der Waals surface area contributed by atoms with Gasteiger partial charge in [0.25, 0.3) is 5.91 Å². The van der Waals surface area contributed by atoms with Crippen LogP contribution in [0.25, 0.3) is 11.3 Å². The first-order valence-electron chi connectivity index (χ1n) is 7.02. The Labute approximate surface area is 132 Å². The van der Waals surface area contributed by atoms with Crippen LogP contribution in [0.3, 0.4) is 0 Å². The molecule has 23 heavy (non-hydrogen) atoms. The van der Waals surface area contributed by atoms with E-state index in [-0.39, 0.29) is 18.2 Å². The van der Waals surface area contributed by atoms with Gasteiger partial charge in [0.1, 0.15) is 11.6 Å². The molecule has 0 spiro atoms. The molecule has 0 saturated heterocycles. The zero-order valence-corrected chi connectivity index (χ0v) is 12.1. The molecule has 0 aliphatic rings. The lowest BCUT2D eigenvalue weighted by atomic mass is 10.2. The number of benzene rings is 2. The molecule has 4 nitrogen and oxygen atoms in total. The van der Waals surface area contributed by atoms with Crippen LogP contribution < -0.4 is 5.32 Å². The van der Waals surface area contributed by atoms with Crippen molar-refractivity contribution >= 4 is 11.6 Å². The van der Waals surface area contributed by atoms with Crippen molar-refractivity contribution in [3.05, 3.63) is 77.8 Å². The number of halogens is 1. The normalized spacial score (nSPS) is 10.5. The molecule has 0 fully saturated rings. The van der Waals surface area contributed by atoms with Crippen LogP contribution in [-0.2, 0) is 6.61 Å². The van der Waals surface area contributed by atoms with Gasteiger partial charge in [-0.05, 0) is 54.1 Å². The van der Waals surface area contributed by atoms with Crippen molar-refractivity contribution in [1.82, 2.24) is 0 Å². The molecule has 3 rings (SSSR count). The first kappa shape index (κ1) is 15.0. The maximum atomic E-state index is 12.9. The Morgan fingerprint density at radius 2 is 1.87 bits per heavy atom. The van der Waals surface area contributed by atoms with Crippen LogP contribution in [0, 0.1) is 5.82 Å². The summed E-state index contributed by atoms with van der Waals surface area (Å²) in [7, 11) is 0. The molecule has 2 N–H and O–H groups in total. The number of furan rings is 1. The van der Waals surface area contributed by atoms with Crippen LogP contribution in [0.2, 0.25) is 0 Å². The fourth-order valence-electron chi connectivity index (χ4n) is 2.17. The van der Waals surface area contributed by atoms with Gasteiger partial charge < -0.3 is 14.8 Å². The summed E-state index contributed by atoms with van der Waals surface area (Å²) in [4.78, 5) is 12.2. The lowest BCUT2D eigenvalue weighted by Crippen LogP contribution is -2.10. The minimum atomic E-state index is -0.395. The number of rotatable bonds is 4. The minimum Gasteiger partial charge on any atom is -0.451 e. The average Bonchev–Trinajstić information content (AvgIpc) is 3.06. The van der Waals surface area contributed by atoms with Gasteiger partial charge >= 0.3 is 0 Å². The smallest absolute Gasteiger partial charge is 0.291 e. The standard InChI is InChI=1S/C18H14FNO3/c19-14-6-4-13(5-7-14)16-8-9-17(23-16)18(22)20-15-3-1-2-12(10-15)11-21/h1-10,21H,11H2,(H,20,22). The fourth-order valence-corrected chi connectivity index (χ4v) is 2.17. The predicted octanol–water partition coefficient (Wildman–Crippen LogP) is 3.83. The summed E-state index contributed by atoms with van der Waals surface area (Å²) < 4.78 is 18.4. The molecule has 0 atom stereocenters. The van der Waals surface area contributed by atoms with Crippen LogP contribution in [0.5, 0.6) is 0 Å². The Bertz CT molecular complexity index is 824. The van der Waals surface area contributed by atoms with E-state index in [9.17, 15) is 9.18 Å². The second-order valence-electron chi connectivity index (χ2n) is 4.98. The Morgan fingerprint density at radius 3 is 2.61 bits per heavy atom. The SMILES string of the molecule is O=C(Nc1cccc(CO)c1)c1ccc(-c2ccc(F)cc2)o1. The van der Waals surface area contributed by atoms with Crippen LogP contribution in [-0.4, -0.2) is 11.0 Å². The third kappa shape index (κ3) is 3.46. The van der Waals surface area contributed by atoms with E-state index in [4.69, 9.17) is 9.52 Å². The van der Waals surface area contributed by atoms with Crippen molar-refractivity contribution in [3.8, 4) is 11.3 Å². The number of amides is 1. The molecule has 2 aromatic carbocycles. The molecule has 0 radical (unpaired) electrons. The zero-order chi connectivity index (χ0) is 16.2. The summed E-state index contributed by atoms with van der Waals surface area (Å²) in [6.45, 7) is -0.0980. The maximum absolute atomic E-state index is 12.9. The van der Waals surface area contributed by atoms with E-state index in [1.807, 2.05) is 0 Å². The lowest BCUT2D eigenvalue weighted by Gasteiger charge is -2.04. The number of nitrogens with one attached hydrogen (secondary N) is 1. The minimum absolute atomic E-state index is 0.0980. The largest absolute Gasteiger partial charge is 0.451 e. The summed E-state index contributed by atoms with van der Waals surface area (Å²) in [5.74, 6) is -0.0894. The average molecular weight is 311 g/mol. The number of hydrogen-bond acceptors (Lipinski definition) is 3. The van der Waals surface area contributed by atoms with Gasteiger partial charge in [-0.25, -0.2) is 4.39 Å². The Kier molecular flexibility index (Phi) is 4.21. The Hall–Kier alpha value is -2.92. The highest BCUT2D eigenvalue weighted by Gasteiger charge is 2.12. The first-order valence-corrected chi connectivity index (χ1v) is 7.02. The van der Waals surface area contributed by atoms with Gasteiger partial charge in [-0.2, -0.15) is 0 Å². The Morgan fingerprint density at radius 1 is 1.09 bits per heavy atom. The van der Waals surface area contributed by atoms with Gasteiger partial charge in [0.05, 0.1) is 6.61 Å². The maximum Gasteiger partial charge on any atom is 0.291 e. The molecule has 1 aromatic heterocycles. The molecule has 0 unspecified atom stereocenters. The number of carbonyl (C=O) groups is 1. The van der Waals surface area contributed by atoms with Crippen LogP contribution in [0.15, 0.2) is 65.1 Å². The summed E-state index contributed by atoms with van der Waals surface area (Å²) in [6, 6.07) is 16.0.